The first-order chi connectivity index (χ1) is 13.1. The molecule has 0 unspecified atom stereocenters. The number of H-pyrrole nitrogens is 1. The zero-order valence-electron chi connectivity index (χ0n) is 14.4. The van der Waals surface area contributed by atoms with Gasteiger partial charge in [0.1, 0.15) is 17.5 Å². The van der Waals surface area contributed by atoms with E-state index in [-0.39, 0.29) is 11.6 Å². The first-order valence-electron chi connectivity index (χ1n) is 8.27. The summed E-state index contributed by atoms with van der Waals surface area (Å²) in [7, 11) is 0. The first kappa shape index (κ1) is 16.8. The van der Waals surface area contributed by atoms with Crippen molar-refractivity contribution < 1.29 is 8.78 Å². The number of fused-ring (bicyclic) bond motifs is 2. The van der Waals surface area contributed by atoms with E-state index in [4.69, 9.17) is 0 Å². The van der Waals surface area contributed by atoms with E-state index in [1.165, 1.54) is 24.3 Å². The molecule has 27 heavy (non-hydrogen) atoms. The van der Waals surface area contributed by atoms with Gasteiger partial charge in [-0.15, -0.1) is 5.10 Å². The fraction of sp³-hybridized carbons (Fsp3) is 0.0500. The standard InChI is InChI=1S/C20H15F2N5/c1-12-23-18(13-2-6-15(21)7-3-13)10-17-11-19(25-20(24-17)27-26-12)14-4-8-16(22)9-5-14/h2-11H,1H3,(H,23,26)(H,24,25,27). The lowest BCUT2D eigenvalue weighted by Gasteiger charge is -2.13. The van der Waals surface area contributed by atoms with E-state index >= 15 is 0 Å². The molecule has 0 saturated heterocycles. The van der Waals surface area contributed by atoms with Crippen molar-refractivity contribution in [1.82, 2.24) is 20.2 Å². The summed E-state index contributed by atoms with van der Waals surface area (Å²) in [6, 6.07) is 14.0. The molecule has 1 aliphatic heterocycles. The predicted molar refractivity (Wildman–Crippen MR) is 99.8 cm³/mol. The molecule has 0 atom stereocenters. The zero-order chi connectivity index (χ0) is 18.8. The van der Waals surface area contributed by atoms with Crippen molar-refractivity contribution in [2.24, 2.45) is 0 Å². The number of aryl methyl sites for hydroxylation is 1. The van der Waals surface area contributed by atoms with Crippen LogP contribution in [0.1, 0.15) is 17.1 Å². The lowest BCUT2D eigenvalue weighted by Crippen LogP contribution is -2.07. The average Bonchev–Trinajstić information content (AvgIpc) is 2.71. The SMILES string of the molecule is Cc1nc(-c2ccc(F)cc2)cc2nc(n[nH]1)NC(c1ccc(F)cc1)=C2. The molecular formula is C20H15F2N5. The Morgan fingerprint density at radius 3 is 2.11 bits per heavy atom. The van der Waals surface area contributed by atoms with Gasteiger partial charge in [0.15, 0.2) is 0 Å². The maximum absolute atomic E-state index is 13.3. The van der Waals surface area contributed by atoms with Gasteiger partial charge >= 0.3 is 0 Å². The Labute approximate surface area is 154 Å². The Balaban J connectivity index is 1.86. The van der Waals surface area contributed by atoms with Crippen LogP contribution in [-0.2, 0) is 0 Å². The molecule has 1 aromatic heterocycles. The number of benzene rings is 2. The van der Waals surface area contributed by atoms with Gasteiger partial charge < -0.3 is 5.32 Å². The number of halogens is 2. The van der Waals surface area contributed by atoms with Gasteiger partial charge in [0.2, 0.25) is 5.95 Å². The van der Waals surface area contributed by atoms with Crippen LogP contribution in [0.15, 0.2) is 54.6 Å². The maximum atomic E-state index is 13.3. The van der Waals surface area contributed by atoms with Gasteiger partial charge in [0.05, 0.1) is 17.1 Å². The lowest BCUT2D eigenvalue weighted by molar-refractivity contribution is 0.627. The van der Waals surface area contributed by atoms with Crippen LogP contribution in [0.4, 0.5) is 14.7 Å². The quantitative estimate of drug-likeness (QED) is 0.703. The predicted octanol–water partition coefficient (Wildman–Crippen LogP) is 4.50. The molecule has 2 bridgehead atoms. The van der Waals surface area contributed by atoms with Crippen molar-refractivity contribution >= 4 is 17.7 Å². The molecule has 4 rings (SSSR count). The van der Waals surface area contributed by atoms with Gasteiger partial charge in [-0.05, 0) is 73.2 Å². The Bertz CT molecular complexity index is 1070. The second-order valence-electron chi connectivity index (χ2n) is 6.01. The third-order valence-electron chi connectivity index (χ3n) is 3.97. The van der Waals surface area contributed by atoms with Crippen LogP contribution in [0, 0.1) is 18.6 Å². The van der Waals surface area contributed by atoms with E-state index in [0.29, 0.717) is 23.2 Å². The third kappa shape index (κ3) is 3.82. The number of anilines is 1. The summed E-state index contributed by atoms with van der Waals surface area (Å²) in [5.41, 5.74) is 3.51. The minimum atomic E-state index is -0.315. The van der Waals surface area contributed by atoms with Gasteiger partial charge in [-0.25, -0.2) is 18.7 Å². The van der Waals surface area contributed by atoms with Crippen LogP contribution in [0.2, 0.25) is 0 Å². The molecule has 0 radical (unpaired) electrons. The van der Waals surface area contributed by atoms with E-state index in [2.05, 4.69) is 25.5 Å². The van der Waals surface area contributed by atoms with Crippen LogP contribution < -0.4 is 5.32 Å². The van der Waals surface area contributed by atoms with Gasteiger partial charge in [-0.2, -0.15) is 0 Å². The Kier molecular flexibility index (Phi) is 4.33. The smallest absolute Gasteiger partial charge is 0.245 e. The van der Waals surface area contributed by atoms with Crippen LogP contribution >= 0.6 is 0 Å². The molecule has 2 aromatic carbocycles. The summed E-state index contributed by atoms with van der Waals surface area (Å²) in [6.45, 7) is 1.77. The number of hydrogen-bond acceptors (Lipinski definition) is 4. The van der Waals surface area contributed by atoms with Crippen molar-refractivity contribution in [2.75, 3.05) is 5.32 Å². The molecule has 5 nitrogen and oxygen atoms in total. The van der Waals surface area contributed by atoms with Gasteiger partial charge in [0, 0.05) is 5.56 Å². The lowest BCUT2D eigenvalue weighted by atomic mass is 10.1. The number of aromatic nitrogens is 4. The Morgan fingerprint density at radius 2 is 1.44 bits per heavy atom. The molecular weight excluding hydrogens is 348 g/mol. The maximum Gasteiger partial charge on any atom is 0.245 e. The van der Waals surface area contributed by atoms with E-state index in [1.807, 2.05) is 6.08 Å². The van der Waals surface area contributed by atoms with Crippen molar-refractivity contribution in [3.63, 3.8) is 0 Å². The highest BCUT2D eigenvalue weighted by Gasteiger charge is 2.11. The minimum absolute atomic E-state index is 0.306. The molecule has 0 aliphatic carbocycles. The largest absolute Gasteiger partial charge is 0.322 e. The summed E-state index contributed by atoms with van der Waals surface area (Å²) in [5.74, 6) is 0.300. The molecule has 0 spiro atoms. The zero-order valence-corrected chi connectivity index (χ0v) is 14.4. The number of nitrogens with zero attached hydrogens (tertiary/aromatic N) is 3. The summed E-state index contributed by atoms with van der Waals surface area (Å²) >= 11 is 0. The van der Waals surface area contributed by atoms with Crippen molar-refractivity contribution in [3.05, 3.63) is 83.3 Å². The number of rotatable bonds is 2. The molecule has 0 saturated carbocycles. The second kappa shape index (κ2) is 6.95. The summed E-state index contributed by atoms with van der Waals surface area (Å²) in [5, 5.41) is 10.2. The van der Waals surface area contributed by atoms with Crippen molar-refractivity contribution in [1.29, 1.82) is 0 Å². The summed E-state index contributed by atoms with van der Waals surface area (Å²) in [4.78, 5) is 8.96. The number of nitrogens with one attached hydrogen (secondary N) is 2. The summed E-state index contributed by atoms with van der Waals surface area (Å²) < 4.78 is 26.5. The Morgan fingerprint density at radius 1 is 0.815 bits per heavy atom. The van der Waals surface area contributed by atoms with E-state index in [9.17, 15) is 8.78 Å². The molecule has 1 aliphatic rings. The van der Waals surface area contributed by atoms with Crippen molar-refractivity contribution in [3.8, 4) is 11.3 Å². The topological polar surface area (TPSA) is 66.5 Å². The van der Waals surface area contributed by atoms with Crippen LogP contribution in [0.25, 0.3) is 23.0 Å². The number of hydrogen-bond donors (Lipinski definition) is 2. The van der Waals surface area contributed by atoms with Crippen molar-refractivity contribution in [2.45, 2.75) is 6.92 Å². The van der Waals surface area contributed by atoms with E-state index < -0.39 is 0 Å². The normalized spacial score (nSPS) is 12.0. The highest BCUT2D eigenvalue weighted by molar-refractivity contribution is 5.88. The van der Waals surface area contributed by atoms with Crippen LogP contribution in [-0.4, -0.2) is 20.2 Å². The fourth-order valence-electron chi connectivity index (χ4n) is 2.68. The molecule has 2 heterocycles. The highest BCUT2D eigenvalue weighted by Crippen LogP contribution is 2.24. The van der Waals surface area contributed by atoms with Gasteiger partial charge in [-0.3, -0.25) is 5.10 Å². The minimum Gasteiger partial charge on any atom is -0.322 e. The average molecular weight is 363 g/mol. The van der Waals surface area contributed by atoms with E-state index in [0.717, 1.165) is 16.8 Å². The molecule has 0 amide bonds. The number of aromatic amines is 1. The monoisotopic (exact) mass is 363 g/mol. The fourth-order valence-corrected chi connectivity index (χ4v) is 2.68. The van der Waals surface area contributed by atoms with Crippen LogP contribution in [0.5, 0.6) is 0 Å². The van der Waals surface area contributed by atoms with Gasteiger partial charge in [-0.1, -0.05) is 0 Å². The van der Waals surface area contributed by atoms with Crippen LogP contribution in [0.3, 0.4) is 0 Å². The second-order valence-corrected chi connectivity index (χ2v) is 6.01. The molecule has 0 fully saturated rings. The third-order valence-corrected chi connectivity index (χ3v) is 3.97. The summed E-state index contributed by atoms with van der Waals surface area (Å²) in [6.07, 6.45) is 1.83. The molecule has 2 N–H and O–H groups in total. The first-order valence-corrected chi connectivity index (χ1v) is 8.27. The van der Waals surface area contributed by atoms with Gasteiger partial charge in [0.25, 0.3) is 0 Å². The molecule has 3 aromatic rings. The molecule has 7 heteroatoms. The highest BCUT2D eigenvalue weighted by atomic mass is 19.1. The Hall–Kier alpha value is -3.61. The van der Waals surface area contributed by atoms with E-state index in [1.54, 1.807) is 37.3 Å². The molecule has 134 valence electrons.